The Labute approximate surface area is 117 Å². The normalized spacial score (nSPS) is 15.3. The molecule has 0 saturated heterocycles. The zero-order valence-corrected chi connectivity index (χ0v) is 12.9. The molecular formula is C14H21BrFNO. The fourth-order valence-corrected chi connectivity index (χ4v) is 2.18. The zero-order chi connectivity index (χ0) is 13.9. The van der Waals surface area contributed by atoms with Crippen LogP contribution in [-0.4, -0.2) is 12.1 Å². The Kier molecular flexibility index (Phi) is 5.17. The maximum Gasteiger partial charge on any atom is 0.137 e. The molecule has 2 atom stereocenters. The first-order valence-corrected chi connectivity index (χ1v) is 6.92. The van der Waals surface area contributed by atoms with Gasteiger partial charge in [0.15, 0.2) is 0 Å². The van der Waals surface area contributed by atoms with Crippen molar-refractivity contribution in [1.29, 1.82) is 0 Å². The van der Waals surface area contributed by atoms with Crippen LogP contribution in [0.15, 0.2) is 22.7 Å². The van der Waals surface area contributed by atoms with Gasteiger partial charge in [-0.25, -0.2) is 4.39 Å². The smallest absolute Gasteiger partial charge is 0.137 e. The highest BCUT2D eigenvalue weighted by molar-refractivity contribution is 9.10. The van der Waals surface area contributed by atoms with E-state index in [-0.39, 0.29) is 23.4 Å². The highest BCUT2D eigenvalue weighted by atomic mass is 79.9. The Bertz CT molecular complexity index is 403. The van der Waals surface area contributed by atoms with Crippen molar-refractivity contribution < 1.29 is 9.13 Å². The van der Waals surface area contributed by atoms with E-state index in [1.54, 1.807) is 12.1 Å². The van der Waals surface area contributed by atoms with Gasteiger partial charge in [-0.05, 0) is 40.5 Å². The van der Waals surface area contributed by atoms with Crippen molar-refractivity contribution in [2.45, 2.75) is 46.3 Å². The van der Waals surface area contributed by atoms with E-state index in [0.717, 1.165) is 6.42 Å². The first-order chi connectivity index (χ1) is 8.25. The summed E-state index contributed by atoms with van der Waals surface area (Å²) in [6, 6.07) is 4.60. The molecule has 0 heterocycles. The summed E-state index contributed by atoms with van der Waals surface area (Å²) in [7, 11) is 0. The average Bonchev–Trinajstić information content (AvgIpc) is 2.28. The van der Waals surface area contributed by atoms with Gasteiger partial charge in [-0.3, -0.25) is 0 Å². The summed E-state index contributed by atoms with van der Waals surface area (Å²) in [4.78, 5) is 0. The number of halogens is 2. The average molecular weight is 318 g/mol. The molecule has 0 bridgehead atoms. The molecule has 2 unspecified atom stereocenters. The minimum Gasteiger partial charge on any atom is -0.488 e. The molecule has 18 heavy (non-hydrogen) atoms. The lowest BCUT2D eigenvalue weighted by molar-refractivity contribution is 0.0620. The van der Waals surface area contributed by atoms with Crippen molar-refractivity contribution in [3.05, 3.63) is 28.5 Å². The SMILES string of the molecule is CCC(N)C(Oc1ccc(F)c(Br)c1)C(C)(C)C. The number of rotatable bonds is 4. The Morgan fingerprint density at radius 3 is 2.44 bits per heavy atom. The van der Waals surface area contributed by atoms with Crippen LogP contribution in [0.3, 0.4) is 0 Å². The number of hydrogen-bond acceptors (Lipinski definition) is 2. The highest BCUT2D eigenvalue weighted by Crippen LogP contribution is 2.29. The van der Waals surface area contributed by atoms with E-state index in [0.29, 0.717) is 10.2 Å². The molecule has 102 valence electrons. The van der Waals surface area contributed by atoms with Gasteiger partial charge in [0.2, 0.25) is 0 Å². The van der Waals surface area contributed by atoms with Gasteiger partial charge in [0.25, 0.3) is 0 Å². The van der Waals surface area contributed by atoms with Gasteiger partial charge >= 0.3 is 0 Å². The number of hydrogen-bond donors (Lipinski definition) is 1. The predicted molar refractivity (Wildman–Crippen MR) is 76.2 cm³/mol. The largest absolute Gasteiger partial charge is 0.488 e. The lowest BCUT2D eigenvalue weighted by atomic mass is 9.84. The fourth-order valence-electron chi connectivity index (χ4n) is 1.82. The molecule has 2 nitrogen and oxygen atoms in total. The second-order valence-electron chi connectivity index (χ2n) is 5.55. The summed E-state index contributed by atoms with van der Waals surface area (Å²) < 4.78 is 19.5. The summed E-state index contributed by atoms with van der Waals surface area (Å²) >= 11 is 3.15. The van der Waals surface area contributed by atoms with Crippen LogP contribution in [0.1, 0.15) is 34.1 Å². The van der Waals surface area contributed by atoms with Crippen LogP contribution in [-0.2, 0) is 0 Å². The molecule has 0 aliphatic rings. The molecule has 0 radical (unpaired) electrons. The third-order valence-electron chi connectivity index (χ3n) is 2.87. The maximum absolute atomic E-state index is 13.2. The molecule has 2 N–H and O–H groups in total. The van der Waals surface area contributed by atoms with Gasteiger partial charge in [0.05, 0.1) is 4.47 Å². The van der Waals surface area contributed by atoms with Gasteiger partial charge in [-0.15, -0.1) is 0 Å². The Hall–Kier alpha value is -0.610. The third-order valence-corrected chi connectivity index (χ3v) is 3.48. The van der Waals surface area contributed by atoms with Crippen molar-refractivity contribution in [2.75, 3.05) is 0 Å². The molecule has 0 aromatic heterocycles. The van der Waals surface area contributed by atoms with Gasteiger partial charge in [0, 0.05) is 11.5 Å². The molecular weight excluding hydrogens is 297 g/mol. The van der Waals surface area contributed by atoms with Crippen LogP contribution in [0.5, 0.6) is 5.75 Å². The van der Waals surface area contributed by atoms with Crippen LogP contribution in [0.2, 0.25) is 0 Å². The summed E-state index contributed by atoms with van der Waals surface area (Å²) in [5.74, 6) is 0.335. The Morgan fingerprint density at radius 2 is 2.00 bits per heavy atom. The van der Waals surface area contributed by atoms with E-state index in [2.05, 4.69) is 36.7 Å². The van der Waals surface area contributed by atoms with E-state index in [4.69, 9.17) is 10.5 Å². The standard InChI is InChI=1S/C14H21BrFNO/c1-5-12(17)13(14(2,3)4)18-9-6-7-11(16)10(15)8-9/h6-8,12-13H,5,17H2,1-4H3. The summed E-state index contributed by atoms with van der Waals surface area (Å²) in [5.41, 5.74) is 6.04. The van der Waals surface area contributed by atoms with Crippen LogP contribution in [0.25, 0.3) is 0 Å². The molecule has 0 fully saturated rings. The lowest BCUT2D eigenvalue weighted by Gasteiger charge is -2.35. The lowest BCUT2D eigenvalue weighted by Crippen LogP contribution is -2.47. The van der Waals surface area contributed by atoms with E-state index in [9.17, 15) is 4.39 Å². The van der Waals surface area contributed by atoms with E-state index >= 15 is 0 Å². The molecule has 0 spiro atoms. The van der Waals surface area contributed by atoms with Gasteiger partial charge < -0.3 is 10.5 Å². The van der Waals surface area contributed by atoms with Crippen molar-refractivity contribution in [2.24, 2.45) is 11.1 Å². The quantitative estimate of drug-likeness (QED) is 0.906. The Balaban J connectivity index is 2.93. The van der Waals surface area contributed by atoms with E-state index in [1.165, 1.54) is 6.07 Å². The van der Waals surface area contributed by atoms with Crippen molar-refractivity contribution in [3.63, 3.8) is 0 Å². The highest BCUT2D eigenvalue weighted by Gasteiger charge is 2.31. The zero-order valence-electron chi connectivity index (χ0n) is 11.3. The van der Waals surface area contributed by atoms with Crippen molar-refractivity contribution in [1.82, 2.24) is 0 Å². The molecule has 0 saturated carbocycles. The van der Waals surface area contributed by atoms with Crippen LogP contribution in [0, 0.1) is 11.2 Å². The topological polar surface area (TPSA) is 35.2 Å². The predicted octanol–water partition coefficient (Wildman–Crippen LogP) is 4.12. The van der Waals surface area contributed by atoms with Crippen molar-refractivity contribution >= 4 is 15.9 Å². The fraction of sp³-hybridized carbons (Fsp3) is 0.571. The third kappa shape index (κ3) is 3.95. The first kappa shape index (κ1) is 15.4. The van der Waals surface area contributed by atoms with Gasteiger partial charge in [0.1, 0.15) is 17.7 Å². The minimum absolute atomic E-state index is 0.0474. The van der Waals surface area contributed by atoms with Gasteiger partial charge in [-0.1, -0.05) is 27.7 Å². The van der Waals surface area contributed by atoms with Crippen molar-refractivity contribution in [3.8, 4) is 5.75 Å². The second kappa shape index (κ2) is 6.02. The second-order valence-corrected chi connectivity index (χ2v) is 6.41. The van der Waals surface area contributed by atoms with Crippen LogP contribution < -0.4 is 10.5 Å². The molecule has 1 aromatic rings. The minimum atomic E-state index is -0.297. The van der Waals surface area contributed by atoms with E-state index < -0.39 is 0 Å². The van der Waals surface area contributed by atoms with Gasteiger partial charge in [-0.2, -0.15) is 0 Å². The molecule has 0 amide bonds. The maximum atomic E-state index is 13.2. The first-order valence-electron chi connectivity index (χ1n) is 6.13. The number of benzene rings is 1. The molecule has 1 aromatic carbocycles. The Morgan fingerprint density at radius 1 is 1.39 bits per heavy atom. The summed E-state index contributed by atoms with van der Waals surface area (Å²) in [5, 5.41) is 0. The molecule has 0 aliphatic carbocycles. The monoisotopic (exact) mass is 317 g/mol. The molecule has 4 heteroatoms. The molecule has 0 aliphatic heterocycles. The summed E-state index contributed by atoms with van der Waals surface area (Å²) in [6.07, 6.45) is 0.726. The van der Waals surface area contributed by atoms with Crippen LogP contribution in [0.4, 0.5) is 4.39 Å². The summed E-state index contributed by atoms with van der Waals surface area (Å²) in [6.45, 7) is 8.30. The molecule has 1 rings (SSSR count). The van der Waals surface area contributed by atoms with Crippen LogP contribution >= 0.6 is 15.9 Å². The van der Waals surface area contributed by atoms with E-state index in [1.807, 2.05) is 6.92 Å². The number of ether oxygens (including phenoxy) is 1. The number of nitrogens with two attached hydrogens (primary N) is 1.